The summed E-state index contributed by atoms with van der Waals surface area (Å²) in [5.74, 6) is 0. The van der Waals surface area contributed by atoms with Crippen LogP contribution in [-0.4, -0.2) is 15.3 Å². The van der Waals surface area contributed by atoms with Gasteiger partial charge in [0.15, 0.2) is 0 Å². The van der Waals surface area contributed by atoms with Crippen molar-refractivity contribution in [2.24, 2.45) is 0 Å². The van der Waals surface area contributed by atoms with E-state index >= 15 is 0 Å². The van der Waals surface area contributed by atoms with Crippen molar-refractivity contribution in [2.45, 2.75) is 32.2 Å². The van der Waals surface area contributed by atoms with Gasteiger partial charge in [0.1, 0.15) is 0 Å². The van der Waals surface area contributed by atoms with Crippen LogP contribution in [0.5, 0.6) is 0 Å². The molecule has 0 aliphatic rings. The van der Waals surface area contributed by atoms with Crippen molar-refractivity contribution in [3.8, 4) is 0 Å². The normalized spacial score (nSPS) is 9.57. The van der Waals surface area contributed by atoms with E-state index in [0.717, 1.165) is 5.54 Å². The summed E-state index contributed by atoms with van der Waals surface area (Å²) in [5.41, 5.74) is 0.958. The van der Waals surface area contributed by atoms with E-state index < -0.39 is 0 Å². The number of hydrogen-bond acceptors (Lipinski definition) is 0. The standard InChI is InChI=1S/C6H14Si/c1-4-6(5-2)7-3/h6-7H,3-5H2,1-2H3. The van der Waals surface area contributed by atoms with Crippen molar-refractivity contribution in [1.29, 1.82) is 0 Å². The third kappa shape index (κ3) is 2.74. The van der Waals surface area contributed by atoms with Crippen molar-refractivity contribution >= 4 is 15.3 Å². The molecule has 0 fully saturated rings. The fourth-order valence-corrected chi connectivity index (χ4v) is 1.29. The summed E-state index contributed by atoms with van der Waals surface area (Å²) >= 11 is 0. The summed E-state index contributed by atoms with van der Waals surface area (Å²) in [6.45, 7) is 4.48. The first kappa shape index (κ1) is 7.09. The van der Waals surface area contributed by atoms with E-state index in [9.17, 15) is 0 Å². The molecule has 0 amide bonds. The van der Waals surface area contributed by atoms with Crippen LogP contribution < -0.4 is 0 Å². The van der Waals surface area contributed by atoms with Gasteiger partial charge in [0.25, 0.3) is 0 Å². The van der Waals surface area contributed by atoms with Crippen LogP contribution in [0.25, 0.3) is 0 Å². The molecule has 0 aromatic heterocycles. The zero-order valence-electron chi connectivity index (χ0n) is 5.28. The summed E-state index contributed by atoms with van der Waals surface area (Å²) in [7, 11) is 0.488. The smallest absolute Gasteiger partial charge is 0.0120 e. The van der Waals surface area contributed by atoms with Crippen LogP contribution in [-0.2, 0) is 0 Å². The monoisotopic (exact) mass is 114 g/mol. The molecule has 7 heavy (non-hydrogen) atoms. The van der Waals surface area contributed by atoms with Gasteiger partial charge in [-0.3, -0.25) is 0 Å². The third-order valence-corrected chi connectivity index (χ3v) is 2.99. The molecule has 0 bridgehead atoms. The molecule has 0 aromatic carbocycles. The van der Waals surface area contributed by atoms with Crippen LogP contribution >= 0.6 is 0 Å². The molecule has 0 rings (SSSR count). The molecule has 42 valence electrons. The number of hydrogen-bond donors (Lipinski definition) is 0. The van der Waals surface area contributed by atoms with E-state index in [1.165, 1.54) is 12.8 Å². The average Bonchev–Trinajstić information content (AvgIpc) is 1.72. The summed E-state index contributed by atoms with van der Waals surface area (Å²) in [6, 6.07) is 0. The van der Waals surface area contributed by atoms with E-state index in [4.69, 9.17) is 0 Å². The van der Waals surface area contributed by atoms with E-state index in [-0.39, 0.29) is 0 Å². The first-order chi connectivity index (χ1) is 3.35. The van der Waals surface area contributed by atoms with Crippen molar-refractivity contribution < 1.29 is 0 Å². The fourth-order valence-electron chi connectivity index (χ4n) is 0.622. The predicted octanol–water partition coefficient (Wildman–Crippen LogP) is 1.46. The fraction of sp³-hybridized carbons (Fsp3) is 0.833. The molecule has 0 unspecified atom stereocenters. The topological polar surface area (TPSA) is 0 Å². The lowest BCUT2D eigenvalue weighted by Gasteiger charge is -2.00. The molecule has 0 spiro atoms. The lowest BCUT2D eigenvalue weighted by molar-refractivity contribution is 0.767. The van der Waals surface area contributed by atoms with Crippen LogP contribution in [0.2, 0.25) is 5.54 Å². The van der Waals surface area contributed by atoms with Gasteiger partial charge in [0.05, 0.1) is 0 Å². The van der Waals surface area contributed by atoms with Crippen LogP contribution in [0, 0.1) is 0 Å². The quantitative estimate of drug-likeness (QED) is 0.487. The lowest BCUT2D eigenvalue weighted by atomic mass is 10.3. The number of rotatable bonds is 3. The van der Waals surface area contributed by atoms with Crippen molar-refractivity contribution in [1.82, 2.24) is 0 Å². The van der Waals surface area contributed by atoms with Gasteiger partial charge in [-0.15, -0.1) is 6.17 Å². The second-order valence-corrected chi connectivity index (χ2v) is 3.23. The molecule has 1 heteroatoms. The Bertz CT molecular complexity index is 46.1. The Morgan fingerprint density at radius 3 is 1.86 bits per heavy atom. The summed E-state index contributed by atoms with van der Waals surface area (Å²) in [4.78, 5) is 0. The Kier molecular flexibility index (Phi) is 4.30. The van der Waals surface area contributed by atoms with E-state index in [0.29, 0.717) is 9.13 Å². The maximum Gasteiger partial charge on any atom is -0.0120 e. The molecule has 0 heterocycles. The van der Waals surface area contributed by atoms with Gasteiger partial charge in [-0.25, -0.2) is 0 Å². The SMILES string of the molecule is C=[SiH]C(CC)CC. The highest BCUT2D eigenvalue weighted by Gasteiger charge is 1.92. The molecular weight excluding hydrogens is 100 g/mol. The predicted molar refractivity (Wildman–Crippen MR) is 38.6 cm³/mol. The van der Waals surface area contributed by atoms with E-state index in [1.54, 1.807) is 0 Å². The summed E-state index contributed by atoms with van der Waals surface area (Å²) in [6.07, 6.45) is 6.57. The van der Waals surface area contributed by atoms with Crippen molar-refractivity contribution in [3.63, 3.8) is 0 Å². The van der Waals surface area contributed by atoms with Gasteiger partial charge in [-0.1, -0.05) is 26.7 Å². The molecule has 0 radical (unpaired) electrons. The van der Waals surface area contributed by atoms with Crippen LogP contribution in [0.3, 0.4) is 0 Å². The molecule has 0 saturated heterocycles. The highest BCUT2D eigenvalue weighted by atomic mass is 28.2. The second kappa shape index (κ2) is 4.25. The minimum atomic E-state index is 0.488. The first-order valence-electron chi connectivity index (χ1n) is 2.97. The Balaban J connectivity index is 3.16. The van der Waals surface area contributed by atoms with Gasteiger partial charge in [0.2, 0.25) is 0 Å². The third-order valence-electron chi connectivity index (χ3n) is 1.38. The van der Waals surface area contributed by atoms with Crippen LogP contribution in [0.1, 0.15) is 26.7 Å². The first-order valence-corrected chi connectivity index (χ1v) is 4.46. The Labute approximate surface area is 48.4 Å². The molecule has 0 nitrogen and oxygen atoms in total. The van der Waals surface area contributed by atoms with Gasteiger partial charge in [0, 0.05) is 0 Å². The largest absolute Gasteiger partial charge is 0.121 e. The van der Waals surface area contributed by atoms with E-state index in [2.05, 4.69) is 20.0 Å². The lowest BCUT2D eigenvalue weighted by Crippen LogP contribution is -1.90. The molecule has 0 saturated carbocycles. The highest BCUT2D eigenvalue weighted by Crippen LogP contribution is 2.08. The highest BCUT2D eigenvalue weighted by molar-refractivity contribution is 6.42. The zero-order valence-corrected chi connectivity index (χ0v) is 6.43. The van der Waals surface area contributed by atoms with Gasteiger partial charge < -0.3 is 0 Å². The summed E-state index contributed by atoms with van der Waals surface area (Å²) < 4.78 is 0. The molecule has 0 aliphatic heterocycles. The van der Waals surface area contributed by atoms with Crippen molar-refractivity contribution in [3.05, 3.63) is 0 Å². The van der Waals surface area contributed by atoms with Crippen LogP contribution in [0.4, 0.5) is 0 Å². The van der Waals surface area contributed by atoms with E-state index in [1.807, 2.05) is 0 Å². The molecule has 0 N–H and O–H groups in total. The van der Waals surface area contributed by atoms with Gasteiger partial charge in [-0.05, 0) is 14.7 Å². The summed E-state index contributed by atoms with van der Waals surface area (Å²) in [5, 5.41) is 0. The minimum absolute atomic E-state index is 0.488. The van der Waals surface area contributed by atoms with Gasteiger partial charge in [-0.2, -0.15) is 0 Å². The molecule has 0 aromatic rings. The zero-order chi connectivity index (χ0) is 5.70. The van der Waals surface area contributed by atoms with Crippen LogP contribution in [0.15, 0.2) is 0 Å². The maximum atomic E-state index is 3.91. The maximum absolute atomic E-state index is 3.91. The molecule has 0 aliphatic carbocycles. The second-order valence-electron chi connectivity index (χ2n) is 1.81. The molecular formula is C6H14Si. The Morgan fingerprint density at radius 1 is 1.43 bits per heavy atom. The Morgan fingerprint density at radius 2 is 1.86 bits per heavy atom. The van der Waals surface area contributed by atoms with Crippen molar-refractivity contribution in [2.75, 3.05) is 0 Å². The minimum Gasteiger partial charge on any atom is -0.121 e. The van der Waals surface area contributed by atoms with Gasteiger partial charge >= 0.3 is 0 Å². The average molecular weight is 114 g/mol. The molecule has 0 atom stereocenters. The Hall–Kier alpha value is 0.0869.